The lowest BCUT2D eigenvalue weighted by Gasteiger charge is -2.32. The molecule has 5 rings (SSSR count). The van der Waals surface area contributed by atoms with Crippen molar-refractivity contribution >= 4 is 60.8 Å². The first-order chi connectivity index (χ1) is 17.8. The number of carboxylic acid groups (broad SMARTS) is 1. The summed E-state index contributed by atoms with van der Waals surface area (Å²) in [5.74, 6) is 1.10. The number of piperidine rings is 1. The number of fused-ring (bicyclic) bond motifs is 1. The first-order valence-corrected chi connectivity index (χ1v) is 14.1. The van der Waals surface area contributed by atoms with E-state index in [0.29, 0.717) is 22.7 Å². The summed E-state index contributed by atoms with van der Waals surface area (Å²) in [5, 5.41) is 23.3. The van der Waals surface area contributed by atoms with Crippen LogP contribution < -0.4 is 10.2 Å². The first-order valence-electron chi connectivity index (χ1n) is 12.5. The van der Waals surface area contributed by atoms with Crippen LogP contribution in [0.15, 0.2) is 30.3 Å². The molecule has 1 aliphatic rings. The topological polar surface area (TPSA) is 107 Å². The van der Waals surface area contributed by atoms with Crippen molar-refractivity contribution in [2.24, 2.45) is 5.92 Å². The van der Waals surface area contributed by atoms with E-state index in [0.717, 1.165) is 58.3 Å². The van der Waals surface area contributed by atoms with Crippen LogP contribution in [0, 0.1) is 12.8 Å². The number of aromatic carboxylic acids is 1. The number of anilines is 4. The molecule has 1 aliphatic heterocycles. The molecule has 4 aromatic rings. The van der Waals surface area contributed by atoms with Crippen molar-refractivity contribution in [1.82, 2.24) is 25.1 Å². The van der Waals surface area contributed by atoms with Gasteiger partial charge in [-0.3, -0.25) is 0 Å². The molecule has 1 fully saturated rings. The molecule has 0 radical (unpaired) electrons. The number of benzene rings is 1. The third kappa shape index (κ3) is 5.58. The van der Waals surface area contributed by atoms with Crippen LogP contribution in [-0.2, 0) is 0 Å². The van der Waals surface area contributed by atoms with E-state index < -0.39 is 5.97 Å². The number of hydrogen-bond acceptors (Lipinski definition) is 10. The molecule has 0 atom stereocenters. The van der Waals surface area contributed by atoms with E-state index in [4.69, 9.17) is 0 Å². The summed E-state index contributed by atoms with van der Waals surface area (Å²) in [6.45, 7) is 9.47. The average molecular weight is 538 g/mol. The number of para-hydroxylation sites is 1. The molecule has 0 spiro atoms. The molecule has 9 nitrogen and oxygen atoms in total. The maximum atomic E-state index is 12.1. The molecule has 0 bridgehead atoms. The first kappa shape index (κ1) is 25.5. The maximum absolute atomic E-state index is 12.1. The standard InChI is InChI=1S/C26H31N7O2S2/c1-15(2)14-33-11-9-17(10-12-33)22-21(24(34)35)28-26(37-22)32(4)20-13-16(3)23(31-30-20)29-25-27-18-7-5-6-8-19(18)36-25/h5-8,13,15,17H,9-12,14H2,1-4H3,(H,34,35)(H,27,29,31). The van der Waals surface area contributed by atoms with Gasteiger partial charge in [0.25, 0.3) is 0 Å². The van der Waals surface area contributed by atoms with Gasteiger partial charge in [-0.1, -0.05) is 37.3 Å². The number of hydrogen-bond donors (Lipinski definition) is 2. The molecule has 0 unspecified atom stereocenters. The van der Waals surface area contributed by atoms with E-state index in [-0.39, 0.29) is 11.6 Å². The van der Waals surface area contributed by atoms with E-state index in [2.05, 4.69) is 44.2 Å². The van der Waals surface area contributed by atoms with Gasteiger partial charge in [0.05, 0.1) is 10.2 Å². The van der Waals surface area contributed by atoms with Crippen molar-refractivity contribution in [2.45, 2.75) is 39.5 Å². The molecule has 4 heterocycles. The SMILES string of the molecule is Cc1cc(N(C)c2nc(C(=O)O)c(C3CCN(CC(C)C)CC3)s2)nnc1Nc1nc2ccccc2s1. The fourth-order valence-corrected chi connectivity index (χ4v) is 6.73. The Bertz CT molecular complexity index is 1380. The molecule has 37 heavy (non-hydrogen) atoms. The Labute approximate surface area is 224 Å². The summed E-state index contributed by atoms with van der Waals surface area (Å²) in [4.78, 5) is 26.3. The summed E-state index contributed by atoms with van der Waals surface area (Å²) >= 11 is 3.02. The highest BCUT2D eigenvalue weighted by Crippen LogP contribution is 2.39. The fourth-order valence-electron chi connectivity index (χ4n) is 4.67. The molecule has 1 saturated heterocycles. The van der Waals surface area contributed by atoms with Crippen molar-refractivity contribution in [2.75, 3.05) is 36.9 Å². The van der Waals surface area contributed by atoms with Crippen molar-refractivity contribution in [3.05, 3.63) is 46.5 Å². The third-order valence-electron chi connectivity index (χ3n) is 6.55. The average Bonchev–Trinajstić information content (AvgIpc) is 3.49. The summed E-state index contributed by atoms with van der Waals surface area (Å²) < 4.78 is 1.10. The number of carbonyl (C=O) groups is 1. The zero-order valence-electron chi connectivity index (χ0n) is 21.4. The molecular formula is C26H31N7O2S2. The lowest BCUT2D eigenvalue weighted by Crippen LogP contribution is -2.35. The lowest BCUT2D eigenvalue weighted by atomic mass is 9.93. The summed E-state index contributed by atoms with van der Waals surface area (Å²) in [6, 6.07) is 9.91. The van der Waals surface area contributed by atoms with Crippen molar-refractivity contribution in [3.8, 4) is 0 Å². The van der Waals surface area contributed by atoms with Gasteiger partial charge in [-0.25, -0.2) is 14.8 Å². The van der Waals surface area contributed by atoms with Crippen LogP contribution in [-0.4, -0.2) is 62.8 Å². The zero-order chi connectivity index (χ0) is 26.1. The van der Waals surface area contributed by atoms with Crippen LogP contribution in [0.5, 0.6) is 0 Å². The van der Waals surface area contributed by atoms with Crippen LogP contribution in [0.3, 0.4) is 0 Å². The van der Waals surface area contributed by atoms with Gasteiger partial charge in [0.2, 0.25) is 0 Å². The quantitative estimate of drug-likeness (QED) is 0.284. The normalized spacial score (nSPS) is 14.9. The Morgan fingerprint density at radius 2 is 1.95 bits per heavy atom. The number of rotatable bonds is 8. The number of aromatic nitrogens is 4. The Morgan fingerprint density at radius 3 is 2.62 bits per heavy atom. The molecule has 0 saturated carbocycles. The summed E-state index contributed by atoms with van der Waals surface area (Å²) in [6.07, 6.45) is 1.90. The minimum atomic E-state index is -0.979. The Morgan fingerprint density at radius 1 is 1.19 bits per heavy atom. The summed E-state index contributed by atoms with van der Waals surface area (Å²) in [7, 11) is 1.85. The summed E-state index contributed by atoms with van der Waals surface area (Å²) in [5.41, 5.74) is 2.01. The highest BCUT2D eigenvalue weighted by Gasteiger charge is 2.29. The molecule has 0 amide bonds. The van der Waals surface area contributed by atoms with E-state index in [1.165, 1.54) is 11.3 Å². The van der Waals surface area contributed by atoms with Gasteiger partial charge in [-0.2, -0.15) is 0 Å². The van der Waals surface area contributed by atoms with Crippen LogP contribution in [0.4, 0.5) is 21.9 Å². The lowest BCUT2D eigenvalue weighted by molar-refractivity contribution is 0.0689. The van der Waals surface area contributed by atoms with E-state index in [9.17, 15) is 9.90 Å². The fraction of sp³-hybridized carbons (Fsp3) is 0.423. The number of aryl methyl sites for hydroxylation is 1. The van der Waals surface area contributed by atoms with Gasteiger partial charge in [-0.05, 0) is 68.5 Å². The smallest absolute Gasteiger partial charge is 0.355 e. The van der Waals surface area contributed by atoms with Crippen molar-refractivity contribution in [1.29, 1.82) is 0 Å². The Kier molecular flexibility index (Phi) is 7.36. The molecule has 0 aliphatic carbocycles. The number of likely N-dealkylation sites (tertiary alicyclic amines) is 1. The number of carboxylic acids is 1. The van der Waals surface area contributed by atoms with Crippen LogP contribution >= 0.6 is 22.7 Å². The highest BCUT2D eigenvalue weighted by atomic mass is 32.1. The van der Waals surface area contributed by atoms with Gasteiger partial charge < -0.3 is 20.2 Å². The minimum absolute atomic E-state index is 0.160. The van der Waals surface area contributed by atoms with Gasteiger partial charge in [-0.15, -0.1) is 21.5 Å². The van der Waals surface area contributed by atoms with E-state index >= 15 is 0 Å². The van der Waals surface area contributed by atoms with Crippen LogP contribution in [0.1, 0.15) is 53.5 Å². The molecule has 11 heteroatoms. The predicted octanol–water partition coefficient (Wildman–Crippen LogP) is 5.90. The second-order valence-corrected chi connectivity index (χ2v) is 11.9. The van der Waals surface area contributed by atoms with E-state index in [1.807, 2.05) is 49.2 Å². The molecule has 1 aromatic carbocycles. The monoisotopic (exact) mass is 537 g/mol. The van der Waals surface area contributed by atoms with Crippen LogP contribution in [0.25, 0.3) is 10.2 Å². The van der Waals surface area contributed by atoms with Gasteiger partial charge in [0, 0.05) is 18.5 Å². The van der Waals surface area contributed by atoms with E-state index in [1.54, 1.807) is 11.3 Å². The number of thiazole rings is 2. The third-order valence-corrected chi connectivity index (χ3v) is 8.79. The van der Waals surface area contributed by atoms with Crippen molar-refractivity contribution < 1.29 is 9.90 Å². The van der Waals surface area contributed by atoms with Crippen molar-refractivity contribution in [3.63, 3.8) is 0 Å². The Hall–Kier alpha value is -3.15. The molecule has 2 N–H and O–H groups in total. The largest absolute Gasteiger partial charge is 0.476 e. The number of nitrogens with zero attached hydrogens (tertiary/aromatic N) is 6. The zero-order valence-corrected chi connectivity index (χ0v) is 23.1. The second kappa shape index (κ2) is 10.7. The predicted molar refractivity (Wildman–Crippen MR) is 150 cm³/mol. The Balaban J connectivity index is 1.33. The second-order valence-electron chi connectivity index (χ2n) is 9.89. The molecule has 194 valence electrons. The van der Waals surface area contributed by atoms with Gasteiger partial charge in [0.15, 0.2) is 27.6 Å². The highest BCUT2D eigenvalue weighted by molar-refractivity contribution is 7.22. The minimum Gasteiger partial charge on any atom is -0.476 e. The maximum Gasteiger partial charge on any atom is 0.355 e. The van der Waals surface area contributed by atoms with Gasteiger partial charge >= 0.3 is 5.97 Å². The molecule has 3 aromatic heterocycles. The van der Waals surface area contributed by atoms with Crippen LogP contribution in [0.2, 0.25) is 0 Å². The molecular weight excluding hydrogens is 506 g/mol. The van der Waals surface area contributed by atoms with Gasteiger partial charge in [0.1, 0.15) is 0 Å². The number of nitrogens with one attached hydrogen (secondary N) is 1.